The van der Waals surface area contributed by atoms with Gasteiger partial charge in [-0.25, -0.2) is 9.79 Å². The fourth-order valence-corrected chi connectivity index (χ4v) is 6.77. The van der Waals surface area contributed by atoms with Gasteiger partial charge in [-0.05, 0) is 43.8 Å². The average Bonchev–Trinajstić information content (AvgIpc) is 3.35. The minimum Gasteiger partial charge on any atom is -0.463 e. The molecule has 1 unspecified atom stereocenters. The lowest BCUT2D eigenvalue weighted by molar-refractivity contribution is -0.384. The number of nitrogens with zero attached hydrogens (tertiary/aromatic N) is 5. The molecule has 6 rings (SSSR count). The smallest absolute Gasteiger partial charge is 0.338 e. The van der Waals surface area contributed by atoms with E-state index >= 15 is 0 Å². The molecule has 0 aliphatic carbocycles. The lowest BCUT2D eigenvalue weighted by Gasteiger charge is -2.34. The van der Waals surface area contributed by atoms with Gasteiger partial charge in [0.25, 0.3) is 11.2 Å². The second kappa shape index (κ2) is 12.8. The van der Waals surface area contributed by atoms with Gasteiger partial charge in [-0.3, -0.25) is 19.5 Å². The van der Waals surface area contributed by atoms with E-state index in [1.54, 1.807) is 43.3 Å². The number of hydrogen-bond donors (Lipinski definition) is 0. The molecule has 0 saturated carbocycles. The van der Waals surface area contributed by atoms with Gasteiger partial charge in [0.1, 0.15) is 0 Å². The van der Waals surface area contributed by atoms with Crippen LogP contribution in [-0.2, 0) is 9.53 Å². The van der Waals surface area contributed by atoms with Crippen molar-refractivity contribution >= 4 is 52.1 Å². The standard InChI is InChI=1S/C33H30ClN5O5S/c1-3-44-32(41)28-29(21-7-5-4-6-8-21)35-33-38(30(28)22-9-11-24(34)12-10-22)31(40)27(45-33)20-23-19-25(39(42)43)13-14-26(23)37-17-15-36(2)16-18-37/h4-14,19-20,30H,3,15-18H2,1-2H3/b27-20+. The summed E-state index contributed by atoms with van der Waals surface area (Å²) in [5, 5.41) is 12.3. The van der Waals surface area contributed by atoms with Crippen molar-refractivity contribution in [2.24, 2.45) is 4.99 Å². The van der Waals surface area contributed by atoms with Gasteiger partial charge in [-0.1, -0.05) is 65.4 Å². The van der Waals surface area contributed by atoms with E-state index in [-0.39, 0.29) is 23.4 Å². The number of nitro groups is 1. The van der Waals surface area contributed by atoms with E-state index < -0.39 is 16.9 Å². The number of fused-ring (bicyclic) bond motifs is 1. The van der Waals surface area contributed by atoms with Crippen LogP contribution in [0.3, 0.4) is 0 Å². The first-order valence-corrected chi connectivity index (χ1v) is 15.7. The number of piperazine rings is 1. The van der Waals surface area contributed by atoms with Crippen LogP contribution in [0.25, 0.3) is 11.8 Å². The lowest BCUT2D eigenvalue weighted by atomic mass is 9.93. The van der Waals surface area contributed by atoms with E-state index in [2.05, 4.69) is 16.8 Å². The number of thiazole rings is 1. The van der Waals surface area contributed by atoms with Gasteiger partial charge in [-0.2, -0.15) is 0 Å². The molecule has 0 bridgehead atoms. The van der Waals surface area contributed by atoms with Gasteiger partial charge in [0.15, 0.2) is 4.80 Å². The van der Waals surface area contributed by atoms with Crippen molar-refractivity contribution in [1.82, 2.24) is 9.47 Å². The third-order valence-electron chi connectivity index (χ3n) is 7.91. The Morgan fingerprint density at radius 1 is 1.09 bits per heavy atom. The van der Waals surface area contributed by atoms with Crippen molar-refractivity contribution in [2.75, 3.05) is 44.7 Å². The molecule has 45 heavy (non-hydrogen) atoms. The van der Waals surface area contributed by atoms with Crippen molar-refractivity contribution in [1.29, 1.82) is 0 Å². The highest BCUT2D eigenvalue weighted by molar-refractivity contribution is 7.07. The molecular weight excluding hydrogens is 614 g/mol. The Morgan fingerprint density at radius 2 is 1.80 bits per heavy atom. The van der Waals surface area contributed by atoms with Crippen molar-refractivity contribution in [2.45, 2.75) is 13.0 Å². The Bertz CT molecular complexity index is 1980. The molecule has 10 nitrogen and oxygen atoms in total. The molecule has 0 spiro atoms. The largest absolute Gasteiger partial charge is 0.463 e. The molecule has 1 aromatic heterocycles. The molecule has 230 valence electrons. The number of aromatic nitrogens is 1. The Morgan fingerprint density at radius 3 is 2.47 bits per heavy atom. The third kappa shape index (κ3) is 6.06. The second-order valence-electron chi connectivity index (χ2n) is 10.8. The number of rotatable bonds is 7. The molecule has 3 heterocycles. The normalized spacial score (nSPS) is 17.2. The van der Waals surface area contributed by atoms with Crippen LogP contribution in [0, 0.1) is 10.1 Å². The number of carbonyl (C=O) groups excluding carboxylic acids is 1. The number of nitro benzene ring substituents is 1. The maximum absolute atomic E-state index is 14.3. The molecule has 0 amide bonds. The lowest BCUT2D eigenvalue weighted by Crippen LogP contribution is -2.44. The van der Waals surface area contributed by atoms with Crippen LogP contribution in [-0.4, -0.2) is 60.2 Å². The van der Waals surface area contributed by atoms with Gasteiger partial charge in [-0.15, -0.1) is 0 Å². The van der Waals surface area contributed by atoms with Crippen molar-refractivity contribution in [3.63, 3.8) is 0 Å². The van der Waals surface area contributed by atoms with Crippen molar-refractivity contribution in [3.8, 4) is 0 Å². The molecule has 2 aliphatic rings. The molecule has 4 aromatic rings. The zero-order valence-corrected chi connectivity index (χ0v) is 26.3. The number of esters is 1. The minimum absolute atomic E-state index is 0.0677. The first-order chi connectivity index (χ1) is 21.7. The van der Waals surface area contributed by atoms with Gasteiger partial charge in [0, 0.05) is 60.1 Å². The summed E-state index contributed by atoms with van der Waals surface area (Å²) in [6.07, 6.45) is 1.69. The quantitative estimate of drug-likeness (QED) is 0.168. The van der Waals surface area contributed by atoms with Crippen LogP contribution in [0.5, 0.6) is 0 Å². The summed E-state index contributed by atoms with van der Waals surface area (Å²) in [5.41, 5.74) is 2.94. The number of anilines is 1. The maximum Gasteiger partial charge on any atom is 0.338 e. The number of benzene rings is 3. The molecule has 1 fully saturated rings. The summed E-state index contributed by atoms with van der Waals surface area (Å²) < 4.78 is 7.36. The van der Waals surface area contributed by atoms with E-state index in [0.29, 0.717) is 36.7 Å². The van der Waals surface area contributed by atoms with Crippen LogP contribution in [0.4, 0.5) is 11.4 Å². The first kappa shape index (κ1) is 30.4. The zero-order chi connectivity index (χ0) is 31.7. The van der Waals surface area contributed by atoms with E-state index in [1.807, 2.05) is 30.3 Å². The number of likely N-dealkylation sites (N-methyl/N-ethyl adjacent to an activating group) is 1. The predicted molar refractivity (Wildman–Crippen MR) is 175 cm³/mol. The fraction of sp³-hybridized carbons (Fsp3) is 0.242. The highest BCUT2D eigenvalue weighted by atomic mass is 35.5. The Labute approximate surface area is 267 Å². The number of hydrogen-bond acceptors (Lipinski definition) is 9. The molecule has 0 N–H and O–H groups in total. The Kier molecular flexibility index (Phi) is 8.66. The monoisotopic (exact) mass is 643 g/mol. The van der Waals surface area contributed by atoms with Gasteiger partial charge >= 0.3 is 5.97 Å². The first-order valence-electron chi connectivity index (χ1n) is 14.5. The molecule has 1 atom stereocenters. The Balaban J connectivity index is 1.60. The second-order valence-corrected chi connectivity index (χ2v) is 12.2. The van der Waals surface area contributed by atoms with Crippen LogP contribution in [0.2, 0.25) is 5.02 Å². The molecule has 2 aliphatic heterocycles. The van der Waals surface area contributed by atoms with Crippen LogP contribution in [0.15, 0.2) is 88.2 Å². The minimum atomic E-state index is -0.850. The van der Waals surface area contributed by atoms with Crippen molar-refractivity contribution in [3.05, 3.63) is 130 Å². The molecule has 3 aromatic carbocycles. The molecular formula is C33H30ClN5O5S. The zero-order valence-electron chi connectivity index (χ0n) is 24.7. The fourth-order valence-electron chi connectivity index (χ4n) is 5.65. The summed E-state index contributed by atoms with van der Waals surface area (Å²) in [6, 6.07) is 20.2. The average molecular weight is 644 g/mol. The SMILES string of the molecule is CCOC(=O)C1=C(c2ccccc2)N=c2s/c(=C/c3cc([N+](=O)[O-])ccc3N3CCN(C)CC3)c(=O)n2C1c1ccc(Cl)cc1. The summed E-state index contributed by atoms with van der Waals surface area (Å²) in [4.78, 5) is 48.9. The van der Waals surface area contributed by atoms with Crippen LogP contribution in [0.1, 0.15) is 29.7 Å². The predicted octanol–water partition coefficient (Wildman–Crippen LogP) is 4.25. The summed E-state index contributed by atoms with van der Waals surface area (Å²) in [5.74, 6) is -0.578. The molecule has 0 radical (unpaired) electrons. The number of carbonyl (C=O) groups is 1. The topological polar surface area (TPSA) is 110 Å². The summed E-state index contributed by atoms with van der Waals surface area (Å²) in [7, 11) is 2.06. The Hall–Kier alpha value is -4.58. The third-order valence-corrected chi connectivity index (χ3v) is 9.15. The van der Waals surface area contributed by atoms with Gasteiger partial charge < -0.3 is 14.5 Å². The summed E-state index contributed by atoms with van der Waals surface area (Å²) >= 11 is 7.40. The maximum atomic E-state index is 14.3. The molecule has 12 heteroatoms. The van der Waals surface area contributed by atoms with E-state index in [1.165, 1.54) is 28.0 Å². The number of halogens is 1. The van der Waals surface area contributed by atoms with E-state index in [0.717, 1.165) is 31.9 Å². The highest BCUT2D eigenvalue weighted by Gasteiger charge is 2.35. The van der Waals surface area contributed by atoms with E-state index in [4.69, 9.17) is 21.3 Å². The van der Waals surface area contributed by atoms with Crippen molar-refractivity contribution < 1.29 is 14.5 Å². The summed E-state index contributed by atoms with van der Waals surface area (Å²) in [6.45, 7) is 5.05. The van der Waals surface area contributed by atoms with Crippen LogP contribution >= 0.6 is 22.9 Å². The highest BCUT2D eigenvalue weighted by Crippen LogP contribution is 2.35. The number of non-ortho nitro benzene ring substituents is 1. The number of ether oxygens (including phenoxy) is 1. The van der Waals surface area contributed by atoms with Gasteiger partial charge in [0.05, 0.1) is 33.4 Å². The molecule has 1 saturated heterocycles. The van der Waals surface area contributed by atoms with Crippen LogP contribution < -0.4 is 19.8 Å². The van der Waals surface area contributed by atoms with Gasteiger partial charge in [0.2, 0.25) is 0 Å². The van der Waals surface area contributed by atoms with E-state index in [9.17, 15) is 19.7 Å².